The summed E-state index contributed by atoms with van der Waals surface area (Å²) < 4.78 is 5.50. The monoisotopic (exact) mass is 1290 g/mol. The number of aliphatic hydroxyl groups is 2. The molecule has 3 N–H and O–H groups in total. The lowest BCUT2D eigenvalue weighted by Gasteiger charge is -2.20. The van der Waals surface area contributed by atoms with E-state index in [9.17, 15) is 19.8 Å². The number of ether oxygens (including phenoxy) is 1. The quantitative estimate of drug-likeness (QED) is 0.0320. The van der Waals surface area contributed by atoms with E-state index in [0.29, 0.717) is 19.4 Å². The topological polar surface area (TPSA) is 95.9 Å². The molecule has 0 saturated carbocycles. The Labute approximate surface area is 577 Å². The summed E-state index contributed by atoms with van der Waals surface area (Å²) in [5, 5.41) is 23.3. The first-order valence-electron chi connectivity index (χ1n) is 42.6. The summed E-state index contributed by atoms with van der Waals surface area (Å²) in [6, 6.07) is -0.626. The van der Waals surface area contributed by atoms with Gasteiger partial charge in [0.15, 0.2) is 0 Å². The minimum atomic E-state index is -0.843. The molecule has 0 rings (SSSR count). The van der Waals surface area contributed by atoms with Crippen molar-refractivity contribution in [3.63, 3.8) is 0 Å². The summed E-state index contributed by atoms with van der Waals surface area (Å²) in [6.45, 7) is 4.97. The predicted molar refractivity (Wildman–Crippen MR) is 407 cm³/mol. The van der Waals surface area contributed by atoms with Crippen molar-refractivity contribution in [3.05, 3.63) is 24.3 Å². The van der Waals surface area contributed by atoms with Gasteiger partial charge in [-0.05, 0) is 57.8 Å². The summed E-state index contributed by atoms with van der Waals surface area (Å²) in [5.41, 5.74) is 0. The SMILES string of the molecule is CCCCCCCCCCCCCCCCCCCCCCCC/C=C/C(O)C(CO)NC(=O)CCCCCCCCCCCCCCCCCCC/C=C\CCCCCCCCCCCCCCCCCCOC(=O)CCCCCCCCCCCCCCCC. The van der Waals surface area contributed by atoms with E-state index in [1.807, 2.05) is 6.08 Å². The zero-order valence-corrected chi connectivity index (χ0v) is 62.8. The molecule has 2 atom stereocenters. The largest absolute Gasteiger partial charge is 0.466 e. The predicted octanol–water partition coefficient (Wildman–Crippen LogP) is 28.4. The molecule has 0 aliphatic carbocycles. The normalized spacial score (nSPS) is 12.5. The first-order chi connectivity index (χ1) is 45.5. The van der Waals surface area contributed by atoms with Crippen LogP contribution in [-0.2, 0) is 14.3 Å². The summed E-state index contributed by atoms with van der Waals surface area (Å²) in [7, 11) is 0. The Hall–Kier alpha value is -1.66. The molecule has 92 heavy (non-hydrogen) atoms. The third-order valence-corrected chi connectivity index (χ3v) is 20.2. The van der Waals surface area contributed by atoms with E-state index in [1.54, 1.807) is 6.08 Å². The van der Waals surface area contributed by atoms with Crippen LogP contribution in [0.15, 0.2) is 24.3 Å². The standard InChI is InChI=1S/C86H167NO5/c1-3-5-7-9-11-13-15-17-19-20-21-22-23-39-42-45-48-51-54-58-62-66-70-74-78-84(89)83(82-88)87-85(90)79-75-71-67-63-59-55-52-49-46-43-40-37-35-33-31-29-27-25-24-26-28-30-32-34-36-38-41-44-47-50-53-57-61-65-69-73-77-81-92-86(91)80-76-72-68-64-60-56-18-16-14-12-10-8-6-4-2/h24,26,74,78,83-84,88-89H,3-23,25,27-73,75-77,79-82H2,1-2H3,(H,87,90)/b26-24-,78-74+. The molecular weight excluding hydrogens is 1130 g/mol. The van der Waals surface area contributed by atoms with Crippen LogP contribution in [-0.4, -0.2) is 47.4 Å². The van der Waals surface area contributed by atoms with Crippen LogP contribution in [0, 0.1) is 0 Å². The number of hydrogen-bond acceptors (Lipinski definition) is 5. The number of allylic oxidation sites excluding steroid dienone is 3. The van der Waals surface area contributed by atoms with Gasteiger partial charge in [-0.1, -0.05) is 443 Å². The van der Waals surface area contributed by atoms with E-state index < -0.39 is 12.1 Å². The Morgan fingerprint density at radius 2 is 0.511 bits per heavy atom. The number of aliphatic hydroxyl groups excluding tert-OH is 2. The zero-order chi connectivity index (χ0) is 66.3. The van der Waals surface area contributed by atoms with Crippen LogP contribution in [0.3, 0.4) is 0 Å². The average molecular weight is 1300 g/mol. The lowest BCUT2D eigenvalue weighted by molar-refractivity contribution is -0.143. The van der Waals surface area contributed by atoms with Crippen LogP contribution in [0.2, 0.25) is 0 Å². The average Bonchev–Trinajstić information content (AvgIpc) is 3.54. The lowest BCUT2D eigenvalue weighted by Crippen LogP contribution is -2.45. The molecule has 1 amide bonds. The van der Waals surface area contributed by atoms with E-state index >= 15 is 0 Å². The van der Waals surface area contributed by atoms with Gasteiger partial charge in [-0.2, -0.15) is 0 Å². The fourth-order valence-corrected chi connectivity index (χ4v) is 13.8. The fraction of sp³-hybridized carbons (Fsp3) is 0.930. The van der Waals surface area contributed by atoms with E-state index in [-0.39, 0.29) is 18.5 Å². The summed E-state index contributed by atoms with van der Waals surface area (Å²) >= 11 is 0. The highest BCUT2D eigenvalue weighted by Crippen LogP contribution is 2.21. The first-order valence-corrected chi connectivity index (χ1v) is 42.6. The highest BCUT2D eigenvalue weighted by atomic mass is 16.5. The molecule has 0 fully saturated rings. The van der Waals surface area contributed by atoms with Crippen LogP contribution in [0.4, 0.5) is 0 Å². The summed E-state index contributed by atoms with van der Waals surface area (Å²) in [5.74, 6) is -0.0336. The Kier molecular flexibility index (Phi) is 80.3. The van der Waals surface area contributed by atoms with Crippen molar-refractivity contribution in [2.75, 3.05) is 13.2 Å². The van der Waals surface area contributed by atoms with E-state index in [0.717, 1.165) is 38.5 Å². The van der Waals surface area contributed by atoms with Crippen LogP contribution >= 0.6 is 0 Å². The molecule has 0 bridgehead atoms. The second-order valence-electron chi connectivity index (χ2n) is 29.5. The van der Waals surface area contributed by atoms with E-state index in [4.69, 9.17) is 4.74 Å². The molecule has 0 aromatic carbocycles. The number of carbonyl (C=O) groups excluding carboxylic acids is 2. The number of amides is 1. The Morgan fingerprint density at radius 1 is 0.293 bits per heavy atom. The third-order valence-electron chi connectivity index (χ3n) is 20.2. The van der Waals surface area contributed by atoms with Crippen molar-refractivity contribution in [1.29, 1.82) is 0 Å². The van der Waals surface area contributed by atoms with Gasteiger partial charge in [0, 0.05) is 12.8 Å². The second kappa shape index (κ2) is 81.8. The van der Waals surface area contributed by atoms with Gasteiger partial charge in [-0.15, -0.1) is 0 Å². The molecule has 0 heterocycles. The van der Waals surface area contributed by atoms with E-state index in [1.165, 1.54) is 424 Å². The Morgan fingerprint density at radius 3 is 0.772 bits per heavy atom. The van der Waals surface area contributed by atoms with Gasteiger partial charge in [0.25, 0.3) is 0 Å². The summed E-state index contributed by atoms with van der Waals surface area (Å²) in [4.78, 5) is 24.6. The van der Waals surface area contributed by atoms with Gasteiger partial charge in [-0.3, -0.25) is 9.59 Å². The maximum atomic E-state index is 12.6. The molecule has 0 aromatic heterocycles. The van der Waals surface area contributed by atoms with Crippen LogP contribution in [0.1, 0.15) is 489 Å². The van der Waals surface area contributed by atoms with Gasteiger partial charge in [-0.25, -0.2) is 0 Å². The van der Waals surface area contributed by atoms with Gasteiger partial charge in [0.1, 0.15) is 0 Å². The zero-order valence-electron chi connectivity index (χ0n) is 62.8. The molecule has 0 aromatic rings. The van der Waals surface area contributed by atoms with Crippen molar-refractivity contribution in [2.45, 2.75) is 501 Å². The van der Waals surface area contributed by atoms with Crippen molar-refractivity contribution in [1.82, 2.24) is 5.32 Å². The van der Waals surface area contributed by atoms with Gasteiger partial charge >= 0.3 is 5.97 Å². The number of esters is 1. The highest BCUT2D eigenvalue weighted by molar-refractivity contribution is 5.76. The van der Waals surface area contributed by atoms with Crippen LogP contribution in [0.25, 0.3) is 0 Å². The Bertz CT molecular complexity index is 1450. The molecular formula is C86H167NO5. The van der Waals surface area contributed by atoms with Gasteiger partial charge < -0.3 is 20.3 Å². The molecule has 6 nitrogen and oxygen atoms in total. The second-order valence-corrected chi connectivity index (χ2v) is 29.5. The Balaban J connectivity index is 3.35. The third kappa shape index (κ3) is 77.3. The van der Waals surface area contributed by atoms with Gasteiger partial charge in [0.05, 0.1) is 25.4 Å². The lowest BCUT2D eigenvalue weighted by atomic mass is 10.0. The minimum Gasteiger partial charge on any atom is -0.466 e. The molecule has 546 valence electrons. The van der Waals surface area contributed by atoms with E-state index in [2.05, 4.69) is 31.3 Å². The maximum Gasteiger partial charge on any atom is 0.305 e. The number of unbranched alkanes of at least 4 members (excludes halogenated alkanes) is 68. The summed E-state index contributed by atoms with van der Waals surface area (Å²) in [6.07, 6.45) is 106. The maximum absolute atomic E-state index is 12.6. The molecule has 0 radical (unpaired) electrons. The smallest absolute Gasteiger partial charge is 0.305 e. The molecule has 6 heteroatoms. The van der Waals surface area contributed by atoms with Crippen LogP contribution in [0.5, 0.6) is 0 Å². The molecule has 0 spiro atoms. The number of hydrogen-bond donors (Lipinski definition) is 3. The van der Waals surface area contributed by atoms with Crippen molar-refractivity contribution in [3.8, 4) is 0 Å². The number of nitrogens with one attached hydrogen (secondary N) is 1. The molecule has 0 aliphatic heterocycles. The number of rotatable bonds is 81. The number of carbonyl (C=O) groups is 2. The molecule has 0 aliphatic rings. The minimum absolute atomic E-state index is 0.0246. The van der Waals surface area contributed by atoms with Gasteiger partial charge in [0.2, 0.25) is 5.91 Å². The van der Waals surface area contributed by atoms with Crippen molar-refractivity contribution >= 4 is 11.9 Å². The molecule has 0 saturated heterocycles. The van der Waals surface area contributed by atoms with Crippen LogP contribution < -0.4 is 5.32 Å². The van der Waals surface area contributed by atoms with Crippen molar-refractivity contribution in [2.24, 2.45) is 0 Å². The highest BCUT2D eigenvalue weighted by Gasteiger charge is 2.18. The fourth-order valence-electron chi connectivity index (χ4n) is 13.8. The molecule has 2 unspecified atom stereocenters. The first kappa shape index (κ1) is 90.3. The van der Waals surface area contributed by atoms with Crippen molar-refractivity contribution < 1.29 is 24.5 Å².